The van der Waals surface area contributed by atoms with E-state index < -0.39 is 0 Å². The van der Waals surface area contributed by atoms with Crippen molar-refractivity contribution in [2.24, 2.45) is 5.73 Å². The summed E-state index contributed by atoms with van der Waals surface area (Å²) in [7, 11) is 1.63. The number of benzene rings is 1. The molecule has 0 atom stereocenters. The van der Waals surface area contributed by atoms with Crippen molar-refractivity contribution in [1.29, 1.82) is 0 Å². The summed E-state index contributed by atoms with van der Waals surface area (Å²) in [5.74, 6) is 1.47. The van der Waals surface area contributed by atoms with Gasteiger partial charge in [-0.1, -0.05) is 6.92 Å². The Kier molecular flexibility index (Phi) is 4.91. The van der Waals surface area contributed by atoms with E-state index in [-0.39, 0.29) is 0 Å². The highest BCUT2D eigenvalue weighted by atomic mass is 79.9. The van der Waals surface area contributed by atoms with E-state index in [1.54, 1.807) is 7.11 Å². The van der Waals surface area contributed by atoms with Gasteiger partial charge in [0, 0.05) is 6.54 Å². The Morgan fingerprint density at radius 1 is 1.40 bits per heavy atom. The molecule has 1 aromatic carbocycles. The van der Waals surface area contributed by atoms with E-state index in [1.807, 2.05) is 12.1 Å². The molecule has 2 N–H and O–H groups in total. The van der Waals surface area contributed by atoms with Crippen molar-refractivity contribution in [2.75, 3.05) is 13.7 Å². The van der Waals surface area contributed by atoms with Gasteiger partial charge in [-0.15, -0.1) is 0 Å². The minimum absolute atomic E-state index is 0.489. The van der Waals surface area contributed by atoms with Crippen LogP contribution in [-0.2, 0) is 6.54 Å². The summed E-state index contributed by atoms with van der Waals surface area (Å²) in [6, 6.07) is 3.85. The summed E-state index contributed by atoms with van der Waals surface area (Å²) in [5.41, 5.74) is 6.59. The quantitative estimate of drug-likeness (QED) is 0.897. The number of hydrogen-bond donors (Lipinski definition) is 1. The summed E-state index contributed by atoms with van der Waals surface area (Å²) in [4.78, 5) is 0. The molecule has 0 radical (unpaired) electrons. The van der Waals surface area contributed by atoms with Crippen molar-refractivity contribution in [3.63, 3.8) is 0 Å². The van der Waals surface area contributed by atoms with Crippen LogP contribution in [0.2, 0.25) is 0 Å². The zero-order valence-corrected chi connectivity index (χ0v) is 10.6. The zero-order valence-electron chi connectivity index (χ0n) is 9.05. The molecule has 0 amide bonds. The van der Waals surface area contributed by atoms with Crippen LogP contribution < -0.4 is 15.2 Å². The van der Waals surface area contributed by atoms with E-state index in [4.69, 9.17) is 15.2 Å². The lowest BCUT2D eigenvalue weighted by Gasteiger charge is -2.13. The number of hydrogen-bond acceptors (Lipinski definition) is 3. The molecule has 0 unspecified atom stereocenters. The van der Waals surface area contributed by atoms with Crippen LogP contribution in [-0.4, -0.2) is 13.7 Å². The average molecular weight is 274 g/mol. The molecule has 4 heteroatoms. The summed E-state index contributed by atoms with van der Waals surface area (Å²) in [6.45, 7) is 3.23. The Balaban J connectivity index is 3.01. The molecule has 0 saturated carbocycles. The molecule has 0 fully saturated rings. The van der Waals surface area contributed by atoms with Gasteiger partial charge in [-0.3, -0.25) is 0 Å². The molecular weight excluding hydrogens is 258 g/mol. The second-order valence-electron chi connectivity index (χ2n) is 3.16. The van der Waals surface area contributed by atoms with Gasteiger partial charge in [-0.2, -0.15) is 0 Å². The minimum Gasteiger partial charge on any atom is -0.493 e. The Morgan fingerprint density at radius 2 is 2.13 bits per heavy atom. The smallest absolute Gasteiger partial charge is 0.175 e. The number of halogens is 1. The molecule has 15 heavy (non-hydrogen) atoms. The fourth-order valence-electron chi connectivity index (χ4n) is 1.24. The van der Waals surface area contributed by atoms with Gasteiger partial charge < -0.3 is 15.2 Å². The number of ether oxygens (including phenoxy) is 2. The van der Waals surface area contributed by atoms with Crippen LogP contribution in [0.15, 0.2) is 16.6 Å². The molecule has 0 aliphatic carbocycles. The summed E-state index contributed by atoms with van der Waals surface area (Å²) in [6.07, 6.45) is 0.967. The molecule has 0 aliphatic heterocycles. The first-order valence-corrected chi connectivity index (χ1v) is 5.71. The maximum Gasteiger partial charge on any atom is 0.175 e. The van der Waals surface area contributed by atoms with Crippen molar-refractivity contribution in [3.8, 4) is 11.5 Å². The highest BCUT2D eigenvalue weighted by Crippen LogP contribution is 2.36. The van der Waals surface area contributed by atoms with Gasteiger partial charge in [0.2, 0.25) is 0 Å². The molecular formula is C11H16BrNO2. The molecule has 0 saturated heterocycles. The Morgan fingerprint density at radius 3 is 2.67 bits per heavy atom. The van der Waals surface area contributed by atoms with Crippen LogP contribution in [0.3, 0.4) is 0 Å². The Labute approximate surface area is 98.7 Å². The maximum absolute atomic E-state index is 5.59. The van der Waals surface area contributed by atoms with Crippen LogP contribution in [0.1, 0.15) is 18.9 Å². The first-order chi connectivity index (χ1) is 7.22. The van der Waals surface area contributed by atoms with E-state index in [0.717, 1.165) is 28.0 Å². The monoisotopic (exact) mass is 273 g/mol. The highest BCUT2D eigenvalue weighted by Gasteiger charge is 2.10. The number of nitrogens with two attached hydrogens (primary N) is 1. The van der Waals surface area contributed by atoms with E-state index >= 15 is 0 Å². The summed E-state index contributed by atoms with van der Waals surface area (Å²) in [5, 5.41) is 0. The van der Waals surface area contributed by atoms with E-state index in [2.05, 4.69) is 22.9 Å². The van der Waals surface area contributed by atoms with E-state index in [9.17, 15) is 0 Å². The lowest BCUT2D eigenvalue weighted by molar-refractivity contribution is 0.292. The third-order valence-electron chi connectivity index (χ3n) is 1.98. The number of methoxy groups -OCH3 is 1. The lowest BCUT2D eigenvalue weighted by atomic mass is 10.2. The summed E-state index contributed by atoms with van der Waals surface area (Å²) >= 11 is 3.45. The lowest BCUT2D eigenvalue weighted by Crippen LogP contribution is -2.02. The first kappa shape index (κ1) is 12.3. The van der Waals surface area contributed by atoms with Gasteiger partial charge in [0.15, 0.2) is 11.5 Å². The SMILES string of the molecule is CCCOc1c(Br)cc(CN)cc1OC. The van der Waals surface area contributed by atoms with Gasteiger partial charge in [0.25, 0.3) is 0 Å². The third-order valence-corrected chi connectivity index (χ3v) is 2.56. The van der Waals surface area contributed by atoms with Gasteiger partial charge in [0.05, 0.1) is 18.2 Å². The number of rotatable bonds is 5. The first-order valence-electron chi connectivity index (χ1n) is 4.92. The normalized spacial score (nSPS) is 10.1. The molecule has 0 aliphatic rings. The molecule has 0 aromatic heterocycles. The molecule has 3 nitrogen and oxygen atoms in total. The third kappa shape index (κ3) is 3.11. The van der Waals surface area contributed by atoms with Crippen LogP contribution in [0, 0.1) is 0 Å². The van der Waals surface area contributed by atoms with Crippen LogP contribution in [0.25, 0.3) is 0 Å². The van der Waals surface area contributed by atoms with Crippen LogP contribution >= 0.6 is 15.9 Å². The highest BCUT2D eigenvalue weighted by molar-refractivity contribution is 9.10. The molecule has 0 spiro atoms. The van der Waals surface area contributed by atoms with Crippen molar-refractivity contribution in [2.45, 2.75) is 19.9 Å². The fourth-order valence-corrected chi connectivity index (χ4v) is 1.84. The van der Waals surface area contributed by atoms with Crippen molar-refractivity contribution >= 4 is 15.9 Å². The molecule has 0 heterocycles. The predicted molar refractivity (Wildman–Crippen MR) is 64.4 cm³/mol. The van der Waals surface area contributed by atoms with E-state index in [0.29, 0.717) is 13.2 Å². The Hall–Kier alpha value is -0.740. The van der Waals surface area contributed by atoms with E-state index in [1.165, 1.54) is 0 Å². The van der Waals surface area contributed by atoms with Crippen molar-refractivity contribution in [3.05, 3.63) is 22.2 Å². The largest absolute Gasteiger partial charge is 0.493 e. The Bertz CT molecular complexity index is 329. The molecule has 1 rings (SSSR count). The van der Waals surface area contributed by atoms with Crippen LogP contribution in [0.5, 0.6) is 11.5 Å². The fraction of sp³-hybridized carbons (Fsp3) is 0.455. The van der Waals surface area contributed by atoms with Gasteiger partial charge in [-0.05, 0) is 40.0 Å². The van der Waals surface area contributed by atoms with Gasteiger partial charge >= 0.3 is 0 Å². The second-order valence-corrected chi connectivity index (χ2v) is 4.02. The predicted octanol–water partition coefficient (Wildman–Crippen LogP) is 2.71. The maximum atomic E-state index is 5.59. The molecule has 1 aromatic rings. The topological polar surface area (TPSA) is 44.5 Å². The summed E-state index contributed by atoms with van der Waals surface area (Å²) < 4.78 is 11.7. The molecule has 0 bridgehead atoms. The second kappa shape index (κ2) is 5.98. The van der Waals surface area contributed by atoms with Gasteiger partial charge in [0.1, 0.15) is 0 Å². The molecule has 84 valence electrons. The van der Waals surface area contributed by atoms with Gasteiger partial charge in [-0.25, -0.2) is 0 Å². The van der Waals surface area contributed by atoms with Crippen molar-refractivity contribution in [1.82, 2.24) is 0 Å². The standard InChI is InChI=1S/C11H16BrNO2/c1-3-4-15-11-9(12)5-8(7-13)6-10(11)14-2/h5-6H,3-4,7,13H2,1-2H3. The average Bonchev–Trinajstić information content (AvgIpc) is 2.26. The zero-order chi connectivity index (χ0) is 11.3. The minimum atomic E-state index is 0.489. The van der Waals surface area contributed by atoms with Crippen molar-refractivity contribution < 1.29 is 9.47 Å². The van der Waals surface area contributed by atoms with Crippen LogP contribution in [0.4, 0.5) is 0 Å².